The number of carbonyl (C=O) groups excluding carboxylic acids is 1. The lowest BCUT2D eigenvalue weighted by molar-refractivity contribution is 0.0954. The van der Waals surface area contributed by atoms with E-state index in [-0.39, 0.29) is 5.78 Å². The first-order valence-corrected chi connectivity index (χ1v) is 11.2. The molecule has 3 aromatic rings. The Morgan fingerprint density at radius 2 is 1.85 bits per heavy atom. The van der Waals surface area contributed by atoms with E-state index in [9.17, 15) is 4.79 Å². The molecule has 0 spiro atoms. The Morgan fingerprint density at radius 1 is 1.09 bits per heavy atom. The molecule has 5 rings (SSSR count). The van der Waals surface area contributed by atoms with Crippen LogP contribution in [0.4, 0.5) is 0 Å². The van der Waals surface area contributed by atoms with E-state index in [4.69, 9.17) is 25.8 Å². The Balaban J connectivity index is 1.34. The zero-order chi connectivity index (χ0) is 22.9. The van der Waals surface area contributed by atoms with Gasteiger partial charge in [-0.1, -0.05) is 35.9 Å². The smallest absolute Gasteiger partial charge is 0.231 e. The molecule has 168 valence electrons. The molecule has 6 heteroatoms. The second kappa shape index (κ2) is 8.93. The van der Waals surface area contributed by atoms with E-state index in [1.54, 1.807) is 13.2 Å². The Bertz CT molecular complexity index is 1230. The summed E-state index contributed by atoms with van der Waals surface area (Å²) < 4.78 is 17.3. The fourth-order valence-corrected chi connectivity index (χ4v) is 4.36. The van der Waals surface area contributed by atoms with Crippen LogP contribution in [0.1, 0.15) is 32.6 Å². The number of benzene rings is 3. The molecule has 0 aromatic heterocycles. The summed E-state index contributed by atoms with van der Waals surface area (Å²) in [6.45, 7) is 4.03. The van der Waals surface area contributed by atoms with Gasteiger partial charge >= 0.3 is 0 Å². The topological polar surface area (TPSA) is 48.0 Å². The molecular formula is C27H24ClNO4. The maximum Gasteiger partial charge on any atom is 0.231 e. The summed E-state index contributed by atoms with van der Waals surface area (Å²) in [7, 11) is 1.62. The molecule has 0 radical (unpaired) electrons. The van der Waals surface area contributed by atoms with Gasteiger partial charge in [0, 0.05) is 29.2 Å². The highest BCUT2D eigenvalue weighted by atomic mass is 35.5. The number of methoxy groups -OCH3 is 1. The van der Waals surface area contributed by atoms with Gasteiger partial charge in [0.1, 0.15) is 24.0 Å². The normalized spacial score (nSPS) is 16.2. The fourth-order valence-electron chi connectivity index (χ4n) is 4.23. The van der Waals surface area contributed by atoms with Crippen molar-refractivity contribution < 1.29 is 19.0 Å². The van der Waals surface area contributed by atoms with Crippen LogP contribution in [0.15, 0.2) is 60.4 Å². The van der Waals surface area contributed by atoms with E-state index in [1.165, 1.54) is 5.56 Å². The van der Waals surface area contributed by atoms with Gasteiger partial charge in [0.15, 0.2) is 5.76 Å². The van der Waals surface area contributed by atoms with E-state index in [1.807, 2.05) is 61.5 Å². The second-order valence-corrected chi connectivity index (χ2v) is 8.72. The van der Waals surface area contributed by atoms with Gasteiger partial charge in [-0.15, -0.1) is 0 Å². The van der Waals surface area contributed by atoms with Crippen molar-refractivity contribution in [1.29, 1.82) is 0 Å². The third-order valence-corrected chi connectivity index (χ3v) is 6.30. The lowest BCUT2D eigenvalue weighted by atomic mass is 10.00. The molecular weight excluding hydrogens is 438 g/mol. The quantitative estimate of drug-likeness (QED) is 0.458. The first kappa shape index (κ1) is 21.6. The van der Waals surface area contributed by atoms with Crippen molar-refractivity contribution in [3.8, 4) is 17.2 Å². The zero-order valence-corrected chi connectivity index (χ0v) is 19.3. The molecule has 2 aliphatic rings. The number of fused-ring (bicyclic) bond motifs is 2. The van der Waals surface area contributed by atoms with Crippen LogP contribution in [0.3, 0.4) is 0 Å². The first-order chi connectivity index (χ1) is 16.0. The number of nitrogens with zero attached hydrogens (tertiary/aromatic N) is 1. The number of hydrogen-bond acceptors (Lipinski definition) is 5. The number of ketones is 1. The van der Waals surface area contributed by atoms with Crippen molar-refractivity contribution in [2.24, 2.45) is 0 Å². The predicted octanol–water partition coefficient (Wildman–Crippen LogP) is 5.67. The van der Waals surface area contributed by atoms with Crippen molar-refractivity contribution in [1.82, 2.24) is 4.90 Å². The molecule has 0 bridgehead atoms. The molecule has 2 aliphatic heterocycles. The summed E-state index contributed by atoms with van der Waals surface area (Å²) in [5, 5.41) is 0.741. The van der Waals surface area contributed by atoms with Crippen molar-refractivity contribution in [3.05, 3.63) is 93.2 Å². The largest absolute Gasteiger partial charge is 0.497 e. The van der Waals surface area contributed by atoms with E-state index in [2.05, 4.69) is 4.90 Å². The number of allylic oxidation sites excluding steroid dienone is 1. The summed E-state index contributed by atoms with van der Waals surface area (Å²) >= 11 is 5.98. The number of halogens is 1. The molecule has 0 fully saturated rings. The molecule has 0 unspecified atom stereocenters. The Kier molecular flexibility index (Phi) is 5.83. The average Bonchev–Trinajstić information content (AvgIpc) is 3.14. The third-order valence-electron chi connectivity index (χ3n) is 6.05. The van der Waals surface area contributed by atoms with Gasteiger partial charge in [-0.3, -0.25) is 9.69 Å². The first-order valence-electron chi connectivity index (χ1n) is 10.9. The van der Waals surface area contributed by atoms with Gasteiger partial charge in [0.2, 0.25) is 5.78 Å². The highest BCUT2D eigenvalue weighted by Crippen LogP contribution is 2.43. The van der Waals surface area contributed by atoms with Crippen molar-refractivity contribution in [2.75, 3.05) is 20.4 Å². The van der Waals surface area contributed by atoms with Crippen LogP contribution in [-0.4, -0.2) is 31.1 Å². The van der Waals surface area contributed by atoms with Crippen LogP contribution < -0.4 is 14.2 Å². The minimum Gasteiger partial charge on any atom is -0.497 e. The van der Waals surface area contributed by atoms with Gasteiger partial charge in [-0.05, 0) is 60.9 Å². The molecule has 33 heavy (non-hydrogen) atoms. The summed E-state index contributed by atoms with van der Waals surface area (Å²) in [4.78, 5) is 15.3. The number of carbonyl (C=O) groups is 1. The molecule has 2 heterocycles. The van der Waals surface area contributed by atoms with Crippen LogP contribution in [-0.2, 0) is 13.0 Å². The van der Waals surface area contributed by atoms with Crippen molar-refractivity contribution in [2.45, 2.75) is 19.9 Å². The lowest BCUT2D eigenvalue weighted by Gasteiger charge is -2.30. The molecule has 0 aliphatic carbocycles. The van der Waals surface area contributed by atoms with E-state index >= 15 is 0 Å². The van der Waals surface area contributed by atoms with Crippen LogP contribution >= 0.6 is 11.6 Å². The minimum absolute atomic E-state index is 0.106. The Labute approximate surface area is 198 Å². The van der Waals surface area contributed by atoms with Gasteiger partial charge in [0.25, 0.3) is 0 Å². The molecule has 0 atom stereocenters. The third kappa shape index (κ3) is 4.34. The SMILES string of the molecule is COc1ccc(/C=C2\Oc3c(cc4c(c3C)OCN(CCc3ccc(Cl)cc3)C4)C2=O)cc1. The number of rotatable bonds is 5. The lowest BCUT2D eigenvalue weighted by Crippen LogP contribution is -2.34. The highest BCUT2D eigenvalue weighted by Gasteiger charge is 2.33. The zero-order valence-electron chi connectivity index (χ0n) is 18.6. The number of hydrogen-bond donors (Lipinski definition) is 0. The predicted molar refractivity (Wildman–Crippen MR) is 128 cm³/mol. The maximum absolute atomic E-state index is 13.1. The van der Waals surface area contributed by atoms with Crippen LogP contribution in [0, 0.1) is 6.92 Å². The number of Topliss-reactive ketones (excluding diaryl/α,β-unsaturated/α-hetero) is 1. The highest BCUT2D eigenvalue weighted by molar-refractivity contribution is 6.30. The van der Waals surface area contributed by atoms with Gasteiger partial charge in [-0.25, -0.2) is 0 Å². The molecule has 5 nitrogen and oxygen atoms in total. The molecule has 3 aromatic carbocycles. The van der Waals surface area contributed by atoms with Gasteiger partial charge < -0.3 is 14.2 Å². The molecule has 0 amide bonds. The summed E-state index contributed by atoms with van der Waals surface area (Å²) in [5.41, 5.74) is 4.57. The molecule has 0 saturated carbocycles. The molecule has 0 saturated heterocycles. The number of ether oxygens (including phenoxy) is 3. The monoisotopic (exact) mass is 461 g/mol. The summed E-state index contributed by atoms with van der Waals surface area (Å²) in [5.74, 6) is 2.38. The average molecular weight is 462 g/mol. The van der Waals surface area contributed by atoms with Crippen LogP contribution in [0.5, 0.6) is 17.2 Å². The summed E-state index contributed by atoms with van der Waals surface area (Å²) in [6, 6.07) is 17.3. The van der Waals surface area contributed by atoms with Gasteiger partial charge in [0.05, 0.1) is 12.7 Å². The second-order valence-electron chi connectivity index (χ2n) is 8.28. The fraction of sp³-hybridized carbons (Fsp3) is 0.222. The maximum atomic E-state index is 13.1. The van der Waals surface area contributed by atoms with E-state index in [0.29, 0.717) is 23.8 Å². The Hall–Kier alpha value is -3.28. The van der Waals surface area contributed by atoms with E-state index < -0.39 is 0 Å². The van der Waals surface area contributed by atoms with Gasteiger partial charge in [-0.2, -0.15) is 0 Å². The van der Waals surface area contributed by atoms with Crippen LogP contribution in [0.25, 0.3) is 6.08 Å². The molecule has 0 N–H and O–H groups in total. The minimum atomic E-state index is -0.106. The van der Waals surface area contributed by atoms with Crippen LogP contribution in [0.2, 0.25) is 5.02 Å². The van der Waals surface area contributed by atoms with E-state index in [0.717, 1.165) is 52.7 Å². The van der Waals surface area contributed by atoms with Crippen molar-refractivity contribution >= 4 is 23.5 Å². The van der Waals surface area contributed by atoms with Crippen molar-refractivity contribution in [3.63, 3.8) is 0 Å². The Morgan fingerprint density at radius 3 is 2.58 bits per heavy atom. The standard InChI is InChI=1S/C27H24ClNO4/c1-17-26-20(15-29(16-32-26)12-11-18-3-7-21(28)8-4-18)14-23-25(30)24(33-27(17)23)13-19-5-9-22(31-2)10-6-19/h3-10,13-14H,11-12,15-16H2,1-2H3/b24-13-. The summed E-state index contributed by atoms with van der Waals surface area (Å²) in [6.07, 6.45) is 2.66.